The third-order valence-corrected chi connectivity index (χ3v) is 10.8. The predicted octanol–water partition coefficient (Wildman–Crippen LogP) is 3.65. The van der Waals surface area contributed by atoms with Crippen molar-refractivity contribution in [2.45, 2.75) is 35.1 Å². The van der Waals surface area contributed by atoms with Gasteiger partial charge in [0.25, 0.3) is 11.8 Å². The smallest absolute Gasteiger partial charge is 0.253 e. The fraction of sp³-hybridized carbons (Fsp3) is 0.407. The molecule has 2 saturated heterocycles. The molecule has 3 heterocycles. The molecule has 38 heavy (non-hydrogen) atoms. The molecule has 3 fully saturated rings. The number of amides is 4. The first-order chi connectivity index (χ1) is 18.0. The molecule has 1 aromatic carbocycles. The summed E-state index contributed by atoms with van der Waals surface area (Å²) in [4.78, 5) is 53.7. The summed E-state index contributed by atoms with van der Waals surface area (Å²) in [5, 5.41) is 12.1. The van der Waals surface area contributed by atoms with Crippen molar-refractivity contribution in [2.24, 2.45) is 17.8 Å². The molecule has 0 spiro atoms. The highest BCUT2D eigenvalue weighted by Crippen LogP contribution is 2.65. The highest BCUT2D eigenvalue weighted by Gasteiger charge is 2.75. The van der Waals surface area contributed by atoms with Crippen LogP contribution in [0.5, 0.6) is 11.5 Å². The standard InChI is InChI=1S/C27H24Cl2N2O6S/c1-30-24(35)26(28)11-17-15(21(27(26,29)25(30)36)13-5-8-18(32)19(10-13)37-2)6-7-16-20(17)23(34)31(22(16)33)12-14-4-3-9-38-14/h3-6,8-10,16-17,20-21,32H,7,11-12H2,1-2H3/t16-,17+,20-,21-,26+,27-/m0/s1. The van der Waals surface area contributed by atoms with Gasteiger partial charge in [-0.2, -0.15) is 0 Å². The van der Waals surface area contributed by atoms with Gasteiger partial charge in [0.1, 0.15) is 0 Å². The second kappa shape index (κ2) is 8.56. The first-order valence-electron chi connectivity index (χ1n) is 12.2. The fourth-order valence-corrected chi connectivity index (χ4v) is 8.48. The third kappa shape index (κ3) is 3.15. The van der Waals surface area contributed by atoms with Gasteiger partial charge in [0.2, 0.25) is 11.8 Å². The van der Waals surface area contributed by atoms with Crippen molar-refractivity contribution in [3.05, 3.63) is 57.8 Å². The van der Waals surface area contributed by atoms with Crippen LogP contribution in [0.4, 0.5) is 0 Å². The number of carbonyl (C=O) groups excluding carboxylic acids is 4. The third-order valence-electron chi connectivity index (χ3n) is 8.54. The van der Waals surface area contributed by atoms with E-state index in [-0.39, 0.29) is 36.3 Å². The van der Waals surface area contributed by atoms with Crippen molar-refractivity contribution >= 4 is 58.2 Å². The molecule has 0 bridgehead atoms. The molecule has 6 rings (SSSR count). The summed E-state index contributed by atoms with van der Waals surface area (Å²) < 4.78 is 5.30. The van der Waals surface area contributed by atoms with E-state index in [1.54, 1.807) is 12.1 Å². The molecule has 4 aliphatic rings. The van der Waals surface area contributed by atoms with Gasteiger partial charge in [-0.05, 0) is 47.9 Å². The Hall–Kier alpha value is -2.88. The van der Waals surface area contributed by atoms with E-state index in [0.717, 1.165) is 9.78 Å². The number of rotatable bonds is 4. The zero-order valence-corrected chi connectivity index (χ0v) is 22.8. The maximum absolute atomic E-state index is 13.8. The normalized spacial score (nSPS) is 34.3. The van der Waals surface area contributed by atoms with E-state index in [1.807, 2.05) is 23.6 Å². The first kappa shape index (κ1) is 25.4. The minimum atomic E-state index is -1.88. The number of thiophene rings is 1. The van der Waals surface area contributed by atoms with Crippen LogP contribution >= 0.6 is 34.5 Å². The quantitative estimate of drug-likeness (QED) is 0.339. The number of nitrogens with zero attached hydrogens (tertiary/aromatic N) is 2. The zero-order valence-electron chi connectivity index (χ0n) is 20.5. The number of hydrogen-bond acceptors (Lipinski definition) is 7. The lowest BCUT2D eigenvalue weighted by molar-refractivity contribution is -0.141. The van der Waals surface area contributed by atoms with Gasteiger partial charge in [0, 0.05) is 17.8 Å². The van der Waals surface area contributed by atoms with Crippen LogP contribution < -0.4 is 4.74 Å². The van der Waals surface area contributed by atoms with Crippen LogP contribution in [-0.4, -0.2) is 62.4 Å². The highest BCUT2D eigenvalue weighted by molar-refractivity contribution is 7.09. The van der Waals surface area contributed by atoms with Crippen molar-refractivity contribution < 1.29 is 29.0 Å². The average molecular weight is 575 g/mol. The lowest BCUT2D eigenvalue weighted by Crippen LogP contribution is -2.60. The number of phenols is 1. The lowest BCUT2D eigenvalue weighted by atomic mass is 9.56. The number of alkyl halides is 2. The van der Waals surface area contributed by atoms with Crippen LogP contribution in [0.25, 0.3) is 0 Å². The highest BCUT2D eigenvalue weighted by atomic mass is 35.5. The predicted molar refractivity (Wildman–Crippen MR) is 140 cm³/mol. The summed E-state index contributed by atoms with van der Waals surface area (Å²) in [6, 6.07) is 8.35. The van der Waals surface area contributed by atoms with Crippen LogP contribution in [0, 0.1) is 17.8 Å². The molecule has 1 N–H and O–H groups in total. The van der Waals surface area contributed by atoms with Crippen molar-refractivity contribution in [3.63, 3.8) is 0 Å². The van der Waals surface area contributed by atoms with Crippen LogP contribution in [0.2, 0.25) is 0 Å². The summed E-state index contributed by atoms with van der Waals surface area (Å²) in [6.45, 7) is 0.189. The van der Waals surface area contributed by atoms with Gasteiger partial charge in [0.05, 0.1) is 25.5 Å². The van der Waals surface area contributed by atoms with Gasteiger partial charge in [0.15, 0.2) is 21.2 Å². The first-order valence-corrected chi connectivity index (χ1v) is 13.8. The molecule has 4 amide bonds. The Morgan fingerprint density at radius 3 is 2.55 bits per heavy atom. The van der Waals surface area contributed by atoms with Gasteiger partial charge in [-0.3, -0.25) is 29.0 Å². The lowest BCUT2D eigenvalue weighted by Gasteiger charge is -2.50. The molecule has 6 atom stereocenters. The van der Waals surface area contributed by atoms with Gasteiger partial charge >= 0.3 is 0 Å². The Morgan fingerprint density at radius 1 is 1.11 bits per heavy atom. The van der Waals surface area contributed by atoms with Crippen LogP contribution in [0.1, 0.15) is 29.2 Å². The fourth-order valence-electron chi connectivity index (χ4n) is 6.77. The maximum Gasteiger partial charge on any atom is 0.253 e. The van der Waals surface area contributed by atoms with E-state index < -0.39 is 45.2 Å². The maximum atomic E-state index is 13.8. The number of phenolic OH excluding ortho intramolecular Hbond substituents is 1. The zero-order chi connectivity index (χ0) is 27.1. The number of benzene rings is 1. The number of likely N-dealkylation sites (tertiary alicyclic amines) is 2. The van der Waals surface area contributed by atoms with E-state index >= 15 is 0 Å². The Bertz CT molecular complexity index is 1430. The number of hydrogen-bond donors (Lipinski definition) is 1. The monoisotopic (exact) mass is 574 g/mol. The van der Waals surface area contributed by atoms with E-state index in [1.165, 1.54) is 36.5 Å². The Labute approximate surface area is 232 Å². The molecule has 2 aromatic rings. The van der Waals surface area contributed by atoms with E-state index in [0.29, 0.717) is 17.6 Å². The van der Waals surface area contributed by atoms with Gasteiger partial charge in [-0.15, -0.1) is 34.5 Å². The van der Waals surface area contributed by atoms with Gasteiger partial charge in [-0.25, -0.2) is 0 Å². The summed E-state index contributed by atoms with van der Waals surface area (Å²) in [5.41, 5.74) is 1.21. The number of halogens is 2. The van der Waals surface area contributed by atoms with Crippen molar-refractivity contribution in [1.29, 1.82) is 0 Å². The van der Waals surface area contributed by atoms with E-state index in [2.05, 4.69) is 0 Å². The molecule has 1 saturated carbocycles. The molecule has 1 aromatic heterocycles. The second-order valence-electron chi connectivity index (χ2n) is 10.3. The summed E-state index contributed by atoms with van der Waals surface area (Å²) in [7, 11) is 2.75. The number of allylic oxidation sites excluding steroid dienone is 2. The second-order valence-corrected chi connectivity index (χ2v) is 12.5. The molecule has 2 aliphatic carbocycles. The number of ether oxygens (including phenoxy) is 1. The van der Waals surface area contributed by atoms with Gasteiger partial charge in [-0.1, -0.05) is 23.8 Å². The van der Waals surface area contributed by atoms with Crippen molar-refractivity contribution in [2.75, 3.05) is 14.2 Å². The van der Waals surface area contributed by atoms with Crippen LogP contribution in [0.15, 0.2) is 47.4 Å². The minimum Gasteiger partial charge on any atom is -0.504 e. The number of aromatic hydroxyl groups is 1. The molecule has 2 aliphatic heterocycles. The summed E-state index contributed by atoms with van der Waals surface area (Å²) in [6.07, 6.45) is 2.12. The summed E-state index contributed by atoms with van der Waals surface area (Å²) >= 11 is 15.7. The largest absolute Gasteiger partial charge is 0.504 e. The SMILES string of the molecule is COc1cc([C@H]2C3=CC[C@@H]4C(=O)N(Cc5cccs5)C(=O)[C@@H]4[C@@H]3C[C@@]3(Cl)C(=O)N(C)C(=O)[C@@]23Cl)ccc1O. The van der Waals surface area contributed by atoms with Crippen LogP contribution in [-0.2, 0) is 25.7 Å². The number of carbonyl (C=O) groups is 4. The van der Waals surface area contributed by atoms with Crippen molar-refractivity contribution in [1.82, 2.24) is 9.80 Å². The molecule has 8 nitrogen and oxygen atoms in total. The van der Waals surface area contributed by atoms with E-state index in [4.69, 9.17) is 27.9 Å². The van der Waals surface area contributed by atoms with Crippen LogP contribution in [0.3, 0.4) is 0 Å². The molecule has 0 radical (unpaired) electrons. The topological polar surface area (TPSA) is 104 Å². The van der Waals surface area contributed by atoms with E-state index in [9.17, 15) is 24.3 Å². The number of methoxy groups -OCH3 is 1. The molecule has 0 unspecified atom stereocenters. The van der Waals surface area contributed by atoms with Crippen molar-refractivity contribution in [3.8, 4) is 11.5 Å². The summed E-state index contributed by atoms with van der Waals surface area (Å²) in [5.74, 6) is -4.56. The Kier molecular flexibility index (Phi) is 5.72. The number of imide groups is 2. The number of fused-ring (bicyclic) bond motifs is 4. The molecular weight excluding hydrogens is 551 g/mol. The average Bonchev–Trinajstić information content (AvgIpc) is 3.54. The van der Waals surface area contributed by atoms with Gasteiger partial charge < -0.3 is 9.84 Å². The molecular formula is C27H24Cl2N2O6S. The Morgan fingerprint density at radius 2 is 1.87 bits per heavy atom. The Balaban J connectivity index is 1.50. The minimum absolute atomic E-state index is 0.0580. The molecule has 11 heteroatoms. The molecule has 198 valence electrons.